The summed E-state index contributed by atoms with van der Waals surface area (Å²) in [5, 5.41) is 9.64. The number of aliphatic hydroxyl groups excluding tert-OH is 1. The third-order valence-corrected chi connectivity index (χ3v) is 3.33. The van der Waals surface area contributed by atoms with Gasteiger partial charge in [-0.2, -0.15) is 0 Å². The Labute approximate surface area is 78.1 Å². The van der Waals surface area contributed by atoms with Gasteiger partial charge in [0.25, 0.3) is 0 Å². The number of ether oxygens (including phenoxy) is 1. The molecule has 3 heteroatoms. The molecule has 0 aromatic heterocycles. The maximum atomic E-state index is 11.0. The second kappa shape index (κ2) is 3.29. The molecule has 2 aliphatic rings. The van der Waals surface area contributed by atoms with E-state index in [2.05, 4.69) is 0 Å². The molecule has 13 heavy (non-hydrogen) atoms. The highest BCUT2D eigenvalue weighted by Gasteiger charge is 2.39. The van der Waals surface area contributed by atoms with Crippen molar-refractivity contribution in [2.24, 2.45) is 11.8 Å². The topological polar surface area (TPSA) is 46.5 Å². The molecule has 4 atom stereocenters. The summed E-state index contributed by atoms with van der Waals surface area (Å²) in [7, 11) is 0. The maximum absolute atomic E-state index is 11.0. The van der Waals surface area contributed by atoms with Gasteiger partial charge in [-0.1, -0.05) is 6.92 Å². The number of carbonyl (C=O) groups is 1. The van der Waals surface area contributed by atoms with Crippen LogP contribution < -0.4 is 0 Å². The van der Waals surface area contributed by atoms with Crippen LogP contribution in [0, 0.1) is 11.8 Å². The number of hydrogen-bond donors (Lipinski definition) is 1. The van der Waals surface area contributed by atoms with Crippen LogP contribution in [0.1, 0.15) is 32.6 Å². The summed E-state index contributed by atoms with van der Waals surface area (Å²) in [4.78, 5) is 11.0. The zero-order valence-corrected chi connectivity index (χ0v) is 7.90. The van der Waals surface area contributed by atoms with Crippen LogP contribution in [0.3, 0.4) is 0 Å². The predicted octanol–water partition coefficient (Wildman–Crippen LogP) is 1.10. The van der Waals surface area contributed by atoms with Crippen molar-refractivity contribution in [3.05, 3.63) is 0 Å². The first-order valence-corrected chi connectivity index (χ1v) is 5.04. The number of carbonyl (C=O) groups excluding carboxylic acids is 1. The van der Waals surface area contributed by atoms with Crippen LogP contribution in [0.4, 0.5) is 0 Å². The molecule has 1 saturated carbocycles. The van der Waals surface area contributed by atoms with Gasteiger partial charge < -0.3 is 9.84 Å². The average molecular weight is 184 g/mol. The van der Waals surface area contributed by atoms with Gasteiger partial charge in [0.15, 0.2) is 0 Å². The van der Waals surface area contributed by atoms with Gasteiger partial charge in [0.2, 0.25) is 0 Å². The number of fused-ring (bicyclic) bond motifs is 1. The highest BCUT2D eigenvalue weighted by atomic mass is 16.5. The molecule has 0 bridgehead atoms. The average Bonchev–Trinajstić information content (AvgIpc) is 2.36. The fourth-order valence-corrected chi connectivity index (χ4v) is 2.38. The minimum Gasteiger partial charge on any atom is -0.462 e. The van der Waals surface area contributed by atoms with Crippen molar-refractivity contribution >= 4 is 5.97 Å². The molecule has 1 aliphatic carbocycles. The Morgan fingerprint density at radius 2 is 2.23 bits per heavy atom. The molecule has 0 spiro atoms. The second-order valence-corrected chi connectivity index (χ2v) is 4.35. The van der Waals surface area contributed by atoms with E-state index in [0.717, 1.165) is 19.3 Å². The lowest BCUT2D eigenvalue weighted by Crippen LogP contribution is -2.20. The van der Waals surface area contributed by atoms with Crippen LogP contribution in [0.15, 0.2) is 0 Å². The first-order chi connectivity index (χ1) is 6.16. The van der Waals surface area contributed by atoms with Gasteiger partial charge in [-0.25, -0.2) is 0 Å². The summed E-state index contributed by atoms with van der Waals surface area (Å²) in [5.41, 5.74) is 0. The fraction of sp³-hybridized carbons (Fsp3) is 0.900. The van der Waals surface area contributed by atoms with Gasteiger partial charge in [0, 0.05) is 5.92 Å². The normalized spacial score (nSPS) is 45.2. The van der Waals surface area contributed by atoms with Crippen molar-refractivity contribution in [2.45, 2.75) is 44.8 Å². The smallest absolute Gasteiger partial charge is 0.306 e. The van der Waals surface area contributed by atoms with Gasteiger partial charge in [0.05, 0.1) is 12.5 Å². The van der Waals surface area contributed by atoms with Gasteiger partial charge >= 0.3 is 5.97 Å². The van der Waals surface area contributed by atoms with E-state index in [-0.39, 0.29) is 24.1 Å². The molecule has 2 rings (SSSR count). The van der Waals surface area contributed by atoms with Crippen LogP contribution in [0.25, 0.3) is 0 Å². The van der Waals surface area contributed by atoms with Gasteiger partial charge in [0.1, 0.15) is 6.10 Å². The first kappa shape index (κ1) is 9.00. The Morgan fingerprint density at radius 3 is 3.00 bits per heavy atom. The van der Waals surface area contributed by atoms with E-state index in [1.807, 2.05) is 6.92 Å². The second-order valence-electron chi connectivity index (χ2n) is 4.35. The summed E-state index contributed by atoms with van der Waals surface area (Å²) in [6.07, 6.45) is 3.02. The van der Waals surface area contributed by atoms with E-state index < -0.39 is 0 Å². The van der Waals surface area contributed by atoms with E-state index in [4.69, 9.17) is 4.74 Å². The number of rotatable bonds is 0. The number of esters is 1. The lowest BCUT2D eigenvalue weighted by atomic mass is 9.95. The zero-order valence-electron chi connectivity index (χ0n) is 7.90. The Bertz CT molecular complexity index is 214. The highest BCUT2D eigenvalue weighted by molar-refractivity contribution is 5.72. The fourth-order valence-electron chi connectivity index (χ4n) is 2.38. The van der Waals surface area contributed by atoms with Crippen LogP contribution in [-0.4, -0.2) is 23.3 Å². The molecule has 0 amide bonds. The molecule has 74 valence electrons. The van der Waals surface area contributed by atoms with Crippen molar-refractivity contribution in [3.8, 4) is 0 Å². The van der Waals surface area contributed by atoms with Crippen molar-refractivity contribution in [1.82, 2.24) is 0 Å². The molecule has 1 saturated heterocycles. The number of hydrogen-bond acceptors (Lipinski definition) is 3. The summed E-state index contributed by atoms with van der Waals surface area (Å²) in [6.45, 7) is 2.03. The summed E-state index contributed by atoms with van der Waals surface area (Å²) < 4.78 is 5.21. The Kier molecular flexibility index (Phi) is 2.28. The molecule has 1 N–H and O–H groups in total. The minimum absolute atomic E-state index is 0.0569. The third kappa shape index (κ3) is 1.70. The van der Waals surface area contributed by atoms with E-state index >= 15 is 0 Å². The largest absolute Gasteiger partial charge is 0.462 e. The van der Waals surface area contributed by atoms with Crippen LogP contribution in [0.2, 0.25) is 0 Å². The van der Waals surface area contributed by atoms with E-state index in [1.165, 1.54) is 0 Å². The Hall–Kier alpha value is -0.570. The molecule has 0 aromatic rings. The molecule has 1 aliphatic heterocycles. The Balaban J connectivity index is 2.05. The Morgan fingerprint density at radius 1 is 1.46 bits per heavy atom. The standard InChI is InChI=1S/C10H16O3/c1-6-4-9-7(2-3-8(6)11)5-10(12)13-9/h6-9,11H,2-5H2,1H3/t6-,7+,8-,9-/m0/s1. The van der Waals surface area contributed by atoms with E-state index in [1.54, 1.807) is 0 Å². The van der Waals surface area contributed by atoms with Gasteiger partial charge in [-0.15, -0.1) is 0 Å². The summed E-state index contributed by atoms with van der Waals surface area (Å²) >= 11 is 0. The van der Waals surface area contributed by atoms with Crippen LogP contribution in [-0.2, 0) is 9.53 Å². The quantitative estimate of drug-likeness (QED) is 0.573. The predicted molar refractivity (Wildman–Crippen MR) is 47.0 cm³/mol. The van der Waals surface area contributed by atoms with Crippen LogP contribution in [0.5, 0.6) is 0 Å². The van der Waals surface area contributed by atoms with Crippen molar-refractivity contribution in [2.75, 3.05) is 0 Å². The molecular weight excluding hydrogens is 168 g/mol. The SMILES string of the molecule is C[C@H]1C[C@@H]2OC(=O)C[C@H]2CC[C@@H]1O. The first-order valence-electron chi connectivity index (χ1n) is 5.04. The molecule has 1 heterocycles. The lowest BCUT2D eigenvalue weighted by Gasteiger charge is -2.17. The monoisotopic (exact) mass is 184 g/mol. The van der Waals surface area contributed by atoms with Crippen molar-refractivity contribution < 1.29 is 14.6 Å². The minimum atomic E-state index is -0.204. The van der Waals surface area contributed by atoms with E-state index in [9.17, 15) is 9.90 Å². The summed E-state index contributed by atoms with van der Waals surface area (Å²) in [5.74, 6) is 0.576. The molecule has 0 unspecified atom stereocenters. The molecule has 0 aromatic carbocycles. The lowest BCUT2D eigenvalue weighted by molar-refractivity contribution is -0.142. The maximum Gasteiger partial charge on any atom is 0.306 e. The molecule has 2 fully saturated rings. The summed E-state index contributed by atoms with van der Waals surface area (Å²) in [6, 6.07) is 0. The van der Waals surface area contributed by atoms with Gasteiger partial charge in [-0.3, -0.25) is 4.79 Å². The molecular formula is C10H16O3. The highest BCUT2D eigenvalue weighted by Crippen LogP contribution is 2.35. The molecule has 0 radical (unpaired) electrons. The zero-order chi connectivity index (χ0) is 9.42. The molecule has 3 nitrogen and oxygen atoms in total. The van der Waals surface area contributed by atoms with Gasteiger partial charge in [-0.05, 0) is 25.2 Å². The number of aliphatic hydroxyl groups is 1. The van der Waals surface area contributed by atoms with Crippen molar-refractivity contribution in [1.29, 1.82) is 0 Å². The van der Waals surface area contributed by atoms with Crippen molar-refractivity contribution in [3.63, 3.8) is 0 Å². The van der Waals surface area contributed by atoms with Crippen LogP contribution >= 0.6 is 0 Å². The van der Waals surface area contributed by atoms with E-state index in [0.29, 0.717) is 12.3 Å². The third-order valence-electron chi connectivity index (χ3n) is 3.33.